The highest BCUT2D eigenvalue weighted by Crippen LogP contribution is 2.55. The lowest BCUT2D eigenvalue weighted by Crippen LogP contribution is -3.00. The molecular weight excluding hydrogens is 609 g/mol. The van der Waals surface area contributed by atoms with Gasteiger partial charge in [0.1, 0.15) is 23.2 Å². The van der Waals surface area contributed by atoms with E-state index in [0.717, 1.165) is 15.9 Å². The number of hydrogen-bond acceptors (Lipinski definition) is 4. The predicted molar refractivity (Wildman–Crippen MR) is 164 cm³/mol. The number of carbonyl (C=O) groups is 3. The Hall–Kier alpha value is -4.38. The molecule has 1 N–H and O–H groups in total. The van der Waals surface area contributed by atoms with Gasteiger partial charge in [0.25, 0.3) is 11.5 Å². The van der Waals surface area contributed by atoms with Crippen LogP contribution in [0.4, 0.5) is 5.69 Å². The standard InChI is InChI=1S/C35H26NO4P.BrH/c37-32(40-35(26-15-5-1-6-16-26)33(38)30-23-13-14-24-31(30)36-34(35)39)25-41(27-17-7-2-8-18-27,28-19-9-3-10-20-28)29-21-11-4-12-22-29;/h1-24H,25H2;1H. The molecule has 1 atom stereocenters. The summed E-state index contributed by atoms with van der Waals surface area (Å²) in [5.41, 5.74) is -1.18. The summed E-state index contributed by atoms with van der Waals surface area (Å²) in [6, 6.07) is 45.1. The van der Waals surface area contributed by atoms with Crippen molar-refractivity contribution in [2.75, 3.05) is 11.5 Å². The second kappa shape index (κ2) is 12.2. The molecular formula is C35H27BrNO4P. The molecule has 1 aliphatic rings. The van der Waals surface area contributed by atoms with Crippen molar-refractivity contribution in [3.63, 3.8) is 0 Å². The molecule has 0 radical (unpaired) electrons. The summed E-state index contributed by atoms with van der Waals surface area (Å²) in [6.45, 7) is 0. The monoisotopic (exact) mass is 635 g/mol. The number of ether oxygens (including phenoxy) is 1. The van der Waals surface area contributed by atoms with Crippen LogP contribution in [0.25, 0.3) is 0 Å². The molecule has 0 fully saturated rings. The van der Waals surface area contributed by atoms with Crippen LogP contribution in [0.1, 0.15) is 15.9 Å². The Morgan fingerprint density at radius 3 is 1.55 bits per heavy atom. The van der Waals surface area contributed by atoms with Gasteiger partial charge in [0.05, 0.1) is 5.69 Å². The molecule has 5 nitrogen and oxygen atoms in total. The van der Waals surface area contributed by atoms with Crippen LogP contribution in [0.5, 0.6) is 0 Å². The molecule has 0 bridgehead atoms. The topological polar surface area (TPSA) is 72.5 Å². The first-order valence-electron chi connectivity index (χ1n) is 13.3. The number of hydrogen-bond donors (Lipinski definition) is 1. The summed E-state index contributed by atoms with van der Waals surface area (Å²) in [5, 5.41) is 5.80. The molecule has 0 aliphatic carbocycles. The van der Waals surface area contributed by atoms with Crippen LogP contribution in [-0.2, 0) is 19.9 Å². The summed E-state index contributed by atoms with van der Waals surface area (Å²) in [7, 11) is -2.62. The minimum Gasteiger partial charge on any atom is -1.00 e. The van der Waals surface area contributed by atoms with E-state index in [1.807, 2.05) is 91.0 Å². The van der Waals surface area contributed by atoms with Crippen molar-refractivity contribution in [2.24, 2.45) is 0 Å². The van der Waals surface area contributed by atoms with Gasteiger partial charge in [-0.15, -0.1) is 0 Å². The van der Waals surface area contributed by atoms with Crippen LogP contribution in [0, 0.1) is 0 Å². The average Bonchev–Trinajstić information content (AvgIpc) is 3.03. The maximum atomic E-state index is 14.3. The third-order valence-corrected chi connectivity index (χ3v) is 11.7. The zero-order chi connectivity index (χ0) is 28.3. The SMILES string of the molecule is O=C(C[P+](c1ccccc1)(c1ccccc1)c1ccccc1)OC1(c2ccccc2)C(=O)Nc2ccccc2C1=O.[Br-]. The fraction of sp³-hybridized carbons (Fsp3) is 0.0571. The van der Waals surface area contributed by atoms with Crippen LogP contribution in [-0.4, -0.2) is 23.8 Å². The Morgan fingerprint density at radius 1 is 0.619 bits per heavy atom. The lowest BCUT2D eigenvalue weighted by Gasteiger charge is -2.36. The van der Waals surface area contributed by atoms with Gasteiger partial charge in [-0.3, -0.25) is 9.59 Å². The minimum atomic E-state index is -2.62. The Kier molecular flexibility index (Phi) is 8.49. The number of anilines is 1. The number of Topliss-reactive ketones (excluding diaryl/α,β-unsaturated/α-hetero) is 1. The average molecular weight is 636 g/mol. The van der Waals surface area contributed by atoms with Crippen molar-refractivity contribution < 1.29 is 36.1 Å². The predicted octanol–water partition coefficient (Wildman–Crippen LogP) is 2.26. The summed E-state index contributed by atoms with van der Waals surface area (Å²) < 4.78 is 6.19. The number of nitrogens with one attached hydrogen (secondary N) is 1. The first-order chi connectivity index (χ1) is 20.1. The molecule has 0 spiro atoms. The summed E-state index contributed by atoms with van der Waals surface area (Å²) in [5.74, 6) is -1.90. The van der Waals surface area contributed by atoms with Gasteiger partial charge in [0, 0.05) is 11.1 Å². The molecule has 5 aromatic carbocycles. The molecule has 208 valence electrons. The number of amides is 1. The van der Waals surface area contributed by atoms with E-state index in [0.29, 0.717) is 16.8 Å². The number of esters is 1. The second-order valence-electron chi connectivity index (χ2n) is 9.82. The molecule has 1 amide bonds. The number of halogens is 1. The van der Waals surface area contributed by atoms with Gasteiger partial charge < -0.3 is 27.0 Å². The molecule has 5 aromatic rings. The van der Waals surface area contributed by atoms with Gasteiger partial charge >= 0.3 is 5.97 Å². The van der Waals surface area contributed by atoms with E-state index in [4.69, 9.17) is 4.74 Å². The van der Waals surface area contributed by atoms with Crippen LogP contribution < -0.4 is 38.2 Å². The van der Waals surface area contributed by atoms with Crippen LogP contribution in [0.3, 0.4) is 0 Å². The molecule has 0 saturated heterocycles. The minimum absolute atomic E-state index is 0. The van der Waals surface area contributed by atoms with Gasteiger partial charge in [-0.05, 0) is 48.5 Å². The number of carbonyl (C=O) groups excluding carboxylic acids is 3. The van der Waals surface area contributed by atoms with Crippen molar-refractivity contribution in [1.82, 2.24) is 0 Å². The number of para-hydroxylation sites is 1. The summed E-state index contributed by atoms with van der Waals surface area (Å²) in [6.07, 6.45) is -0.0399. The highest BCUT2D eigenvalue weighted by molar-refractivity contribution is 7.96. The van der Waals surface area contributed by atoms with Gasteiger partial charge in [-0.2, -0.15) is 0 Å². The molecule has 1 unspecified atom stereocenters. The lowest BCUT2D eigenvalue weighted by atomic mass is 9.81. The Labute approximate surface area is 255 Å². The molecule has 0 aromatic heterocycles. The van der Waals surface area contributed by atoms with E-state index in [-0.39, 0.29) is 23.1 Å². The van der Waals surface area contributed by atoms with Crippen molar-refractivity contribution in [1.29, 1.82) is 0 Å². The zero-order valence-corrected chi connectivity index (χ0v) is 25.0. The normalized spacial score (nSPS) is 16.0. The quantitative estimate of drug-likeness (QED) is 0.169. The largest absolute Gasteiger partial charge is 1.00 e. The number of ketones is 1. The first-order valence-corrected chi connectivity index (χ1v) is 15.3. The van der Waals surface area contributed by atoms with Gasteiger partial charge in [0.15, 0.2) is 6.16 Å². The van der Waals surface area contributed by atoms with E-state index < -0.39 is 30.5 Å². The van der Waals surface area contributed by atoms with Gasteiger partial charge in [-0.1, -0.05) is 97.1 Å². The van der Waals surface area contributed by atoms with E-state index in [9.17, 15) is 14.4 Å². The van der Waals surface area contributed by atoms with Crippen molar-refractivity contribution in [3.05, 3.63) is 157 Å². The summed E-state index contributed by atoms with van der Waals surface area (Å²) >= 11 is 0. The van der Waals surface area contributed by atoms with E-state index in [1.54, 1.807) is 54.6 Å². The maximum Gasteiger partial charge on any atom is 0.346 e. The van der Waals surface area contributed by atoms with E-state index >= 15 is 0 Å². The zero-order valence-electron chi connectivity index (χ0n) is 22.5. The van der Waals surface area contributed by atoms with Crippen molar-refractivity contribution >= 4 is 46.5 Å². The maximum absolute atomic E-state index is 14.3. The molecule has 1 aliphatic heterocycles. The molecule has 7 heteroatoms. The molecule has 6 rings (SSSR count). The highest BCUT2D eigenvalue weighted by atomic mass is 79.9. The Balaban J connectivity index is 0.00000353. The van der Waals surface area contributed by atoms with E-state index in [2.05, 4.69) is 5.32 Å². The van der Waals surface area contributed by atoms with Crippen LogP contribution >= 0.6 is 7.26 Å². The fourth-order valence-electron chi connectivity index (χ4n) is 5.55. The van der Waals surface area contributed by atoms with Gasteiger partial charge in [0.2, 0.25) is 5.78 Å². The van der Waals surface area contributed by atoms with Crippen LogP contribution in [0.15, 0.2) is 146 Å². The van der Waals surface area contributed by atoms with Crippen molar-refractivity contribution in [3.8, 4) is 0 Å². The third kappa shape index (κ3) is 4.98. The number of rotatable bonds is 7. The van der Waals surface area contributed by atoms with Gasteiger partial charge in [-0.25, -0.2) is 4.79 Å². The first kappa shape index (κ1) is 29.1. The fourth-order valence-corrected chi connectivity index (χ4v) is 9.48. The lowest BCUT2D eigenvalue weighted by molar-refractivity contribution is -0.160. The van der Waals surface area contributed by atoms with Crippen molar-refractivity contribution in [2.45, 2.75) is 5.60 Å². The number of benzene rings is 5. The highest BCUT2D eigenvalue weighted by Gasteiger charge is 2.57. The number of fused-ring (bicyclic) bond motifs is 1. The van der Waals surface area contributed by atoms with E-state index in [1.165, 1.54) is 0 Å². The molecule has 0 saturated carbocycles. The van der Waals surface area contributed by atoms with Crippen LogP contribution in [0.2, 0.25) is 0 Å². The second-order valence-corrected chi connectivity index (χ2v) is 13.3. The molecule has 42 heavy (non-hydrogen) atoms. The third-order valence-electron chi connectivity index (χ3n) is 7.46. The molecule has 1 heterocycles. The Bertz CT molecular complexity index is 1620. The Morgan fingerprint density at radius 2 is 1.05 bits per heavy atom. The summed E-state index contributed by atoms with van der Waals surface area (Å²) in [4.78, 5) is 42.2. The smallest absolute Gasteiger partial charge is 0.346 e.